The molecule has 9 nitrogen and oxygen atoms in total. The van der Waals surface area contributed by atoms with E-state index in [0.717, 1.165) is 122 Å². The van der Waals surface area contributed by atoms with Crippen molar-refractivity contribution in [1.82, 2.24) is 5.32 Å². The van der Waals surface area contributed by atoms with Gasteiger partial charge in [0.25, 0.3) is 0 Å². The van der Waals surface area contributed by atoms with Crippen LogP contribution in [0.2, 0.25) is 0 Å². The molecule has 1 amide bonds. The third-order valence-electron chi connectivity index (χ3n) is 17.8. The first-order valence-electron chi connectivity index (χ1n) is 39.7. The monoisotopic (exact) mass is 1330 g/mol. The molecule has 0 saturated carbocycles. The van der Waals surface area contributed by atoms with Gasteiger partial charge in [-0.3, -0.25) is 4.79 Å². The van der Waals surface area contributed by atoms with Gasteiger partial charge in [0, 0.05) is 6.42 Å². The highest BCUT2D eigenvalue weighted by Crippen LogP contribution is 2.23. The number of hydrogen-bond acceptors (Lipinski definition) is 8. The third-order valence-corrected chi connectivity index (χ3v) is 17.8. The van der Waals surface area contributed by atoms with E-state index in [0.29, 0.717) is 6.42 Å². The molecule has 0 radical (unpaired) electrons. The molecule has 9 heteroatoms. The van der Waals surface area contributed by atoms with Crippen molar-refractivity contribution in [2.45, 2.75) is 371 Å². The Kier molecular flexibility index (Phi) is 68.8. The maximum atomic E-state index is 13.2. The van der Waals surface area contributed by atoms with E-state index in [4.69, 9.17) is 9.47 Å². The van der Waals surface area contributed by atoms with Crippen LogP contribution < -0.4 is 5.32 Å². The van der Waals surface area contributed by atoms with Gasteiger partial charge in [-0.15, -0.1) is 0 Å². The molecule has 7 atom stereocenters. The number of unbranched alkanes of at least 4 members (excludes halogenated alkanes) is 34. The second-order valence-corrected chi connectivity index (χ2v) is 26.8. The highest BCUT2D eigenvalue weighted by molar-refractivity contribution is 5.76. The fourth-order valence-corrected chi connectivity index (χ4v) is 11.7. The summed E-state index contributed by atoms with van der Waals surface area (Å²) in [6.45, 7) is 3.67. The van der Waals surface area contributed by atoms with Crippen molar-refractivity contribution in [3.05, 3.63) is 158 Å². The summed E-state index contributed by atoms with van der Waals surface area (Å²) < 4.78 is 11.3. The lowest BCUT2D eigenvalue weighted by molar-refractivity contribution is -0.302. The number of hydrogen-bond donors (Lipinski definition) is 6. The van der Waals surface area contributed by atoms with E-state index in [-0.39, 0.29) is 12.5 Å². The summed E-state index contributed by atoms with van der Waals surface area (Å²) in [6, 6.07) is -0.842. The van der Waals surface area contributed by atoms with Crippen molar-refractivity contribution in [2.75, 3.05) is 13.2 Å². The standard InChI is InChI=1S/C87H147NO8/c1-3-5-7-9-11-13-15-17-19-21-23-25-27-29-31-33-35-37-38-39-40-41-42-43-44-45-47-49-51-53-55-57-59-61-63-65-67-69-71-73-75-77-83(91)88-80(79-95-87-86(94)85(93)84(92)82(78-89)96-87)81(90)76-74-72-70-68-66-64-62-60-58-56-54-52-50-48-46-36-34-32-30-28-26-24-22-20-18-16-14-12-10-8-6-4-2/h5,7,11,13,17,19,23,25,29,31,35,37,39-40,42-43,45,47,51,53,57,59,66,68,74,76,80-82,84-87,89-90,92-94H,3-4,6,8-10,12,14-16,18,20-22,24,26-28,30,32-34,36,38,41,44,46,48-50,52,54-56,58,60-65,67,69-73,75,77-79H2,1-2H3,(H,88,91)/b7-5-,13-11-,19-17-,25-23-,31-29-,37-35-,40-39-,43-42-,47-45-,53-51-,59-57-,68-66+,76-74+. The zero-order chi connectivity index (χ0) is 69.2. The van der Waals surface area contributed by atoms with E-state index < -0.39 is 49.5 Å². The average Bonchev–Trinajstić information content (AvgIpc) is 0.840. The van der Waals surface area contributed by atoms with E-state index in [9.17, 15) is 30.3 Å². The van der Waals surface area contributed by atoms with E-state index in [1.54, 1.807) is 6.08 Å². The van der Waals surface area contributed by atoms with Crippen LogP contribution in [0.5, 0.6) is 0 Å². The Hall–Kier alpha value is -4.19. The largest absolute Gasteiger partial charge is 0.394 e. The Balaban J connectivity index is 2.15. The second kappa shape index (κ2) is 73.5. The van der Waals surface area contributed by atoms with E-state index in [1.165, 1.54) is 186 Å². The summed E-state index contributed by atoms with van der Waals surface area (Å²) in [5, 5.41) is 54.9. The normalized spacial score (nSPS) is 18.3. The van der Waals surface area contributed by atoms with Gasteiger partial charge in [-0.1, -0.05) is 364 Å². The highest BCUT2D eigenvalue weighted by Gasteiger charge is 2.44. The molecule has 0 aromatic carbocycles. The lowest BCUT2D eigenvalue weighted by Crippen LogP contribution is -2.60. The maximum Gasteiger partial charge on any atom is 0.220 e. The van der Waals surface area contributed by atoms with Crippen molar-refractivity contribution in [1.29, 1.82) is 0 Å². The molecular formula is C87H147NO8. The highest BCUT2D eigenvalue weighted by atomic mass is 16.7. The molecule has 6 N–H and O–H groups in total. The molecule has 0 spiro atoms. The Morgan fingerprint density at radius 2 is 0.656 bits per heavy atom. The molecule has 0 aliphatic carbocycles. The molecule has 1 aliphatic heterocycles. The van der Waals surface area contributed by atoms with Crippen LogP contribution in [0.1, 0.15) is 328 Å². The fourth-order valence-electron chi connectivity index (χ4n) is 11.7. The zero-order valence-electron chi connectivity index (χ0n) is 61.6. The first-order chi connectivity index (χ1) is 47.3. The van der Waals surface area contributed by atoms with Gasteiger partial charge in [0.05, 0.1) is 25.4 Å². The van der Waals surface area contributed by atoms with Crippen molar-refractivity contribution in [2.24, 2.45) is 0 Å². The van der Waals surface area contributed by atoms with Crippen molar-refractivity contribution in [3.63, 3.8) is 0 Å². The molecule has 7 unspecified atom stereocenters. The summed E-state index contributed by atoms with van der Waals surface area (Å²) in [5.74, 6) is -0.201. The molecule has 0 bridgehead atoms. The minimum Gasteiger partial charge on any atom is -0.394 e. The van der Waals surface area contributed by atoms with Crippen molar-refractivity contribution >= 4 is 5.91 Å². The molecule has 1 fully saturated rings. The molecular weight excluding hydrogens is 1190 g/mol. The number of carbonyl (C=O) groups is 1. The van der Waals surface area contributed by atoms with Gasteiger partial charge in [0.1, 0.15) is 24.4 Å². The van der Waals surface area contributed by atoms with E-state index in [1.807, 2.05) is 6.08 Å². The van der Waals surface area contributed by atoms with E-state index in [2.05, 4.69) is 165 Å². The van der Waals surface area contributed by atoms with Crippen molar-refractivity contribution in [3.8, 4) is 0 Å². The van der Waals surface area contributed by atoms with Gasteiger partial charge in [0.15, 0.2) is 6.29 Å². The van der Waals surface area contributed by atoms with Crippen LogP contribution in [0.4, 0.5) is 0 Å². The smallest absolute Gasteiger partial charge is 0.220 e. The van der Waals surface area contributed by atoms with E-state index >= 15 is 0 Å². The number of allylic oxidation sites excluding steroid dienone is 25. The molecule has 1 heterocycles. The first kappa shape index (κ1) is 89.8. The summed E-state index contributed by atoms with van der Waals surface area (Å²) in [7, 11) is 0. The maximum absolute atomic E-state index is 13.2. The van der Waals surface area contributed by atoms with Gasteiger partial charge in [-0.2, -0.15) is 0 Å². The quantitative estimate of drug-likeness (QED) is 0.0261. The van der Waals surface area contributed by atoms with Crippen LogP contribution in [0.25, 0.3) is 0 Å². The number of aliphatic hydroxyl groups excluding tert-OH is 5. The van der Waals surface area contributed by atoms with Crippen LogP contribution >= 0.6 is 0 Å². The minimum absolute atomic E-state index is 0.201. The Morgan fingerprint density at radius 1 is 0.365 bits per heavy atom. The Morgan fingerprint density at radius 3 is 1.00 bits per heavy atom. The number of aliphatic hydroxyl groups is 5. The Bertz CT molecular complexity index is 2090. The Labute approximate surface area is 590 Å². The van der Waals surface area contributed by atoms with Gasteiger partial charge >= 0.3 is 0 Å². The predicted octanol–water partition coefficient (Wildman–Crippen LogP) is 23.0. The predicted molar refractivity (Wildman–Crippen MR) is 414 cm³/mol. The molecule has 1 saturated heterocycles. The summed E-state index contributed by atoms with van der Waals surface area (Å²) >= 11 is 0. The van der Waals surface area contributed by atoms with Crippen molar-refractivity contribution < 1.29 is 39.8 Å². The van der Waals surface area contributed by atoms with Crippen LogP contribution in [0, 0.1) is 0 Å². The molecule has 96 heavy (non-hydrogen) atoms. The number of rotatable bonds is 68. The molecule has 1 aliphatic rings. The third kappa shape index (κ3) is 60.9. The van der Waals surface area contributed by atoms with Crippen LogP contribution in [0.3, 0.4) is 0 Å². The zero-order valence-corrected chi connectivity index (χ0v) is 61.6. The topological polar surface area (TPSA) is 149 Å². The first-order valence-corrected chi connectivity index (χ1v) is 39.7. The van der Waals surface area contributed by atoms with Gasteiger partial charge in [0.2, 0.25) is 5.91 Å². The number of amides is 1. The van der Waals surface area contributed by atoms with Crippen LogP contribution in [-0.2, 0) is 14.3 Å². The summed E-state index contributed by atoms with van der Waals surface area (Å²) in [6.07, 6.45) is 108. The number of nitrogens with one attached hydrogen (secondary N) is 1. The second-order valence-electron chi connectivity index (χ2n) is 26.8. The number of ether oxygens (including phenoxy) is 2. The molecule has 1 rings (SSSR count). The average molecular weight is 1340 g/mol. The lowest BCUT2D eigenvalue weighted by Gasteiger charge is -2.40. The summed E-state index contributed by atoms with van der Waals surface area (Å²) in [5.41, 5.74) is 0. The molecule has 0 aromatic rings. The van der Waals surface area contributed by atoms with Gasteiger partial charge in [-0.05, 0) is 116 Å². The van der Waals surface area contributed by atoms with Gasteiger partial charge in [-0.25, -0.2) is 0 Å². The van der Waals surface area contributed by atoms with Gasteiger partial charge < -0.3 is 40.3 Å². The molecule has 0 aromatic heterocycles. The number of carbonyl (C=O) groups excluding carboxylic acids is 1. The summed E-state index contributed by atoms with van der Waals surface area (Å²) in [4.78, 5) is 13.2. The van der Waals surface area contributed by atoms with Crippen LogP contribution in [0.15, 0.2) is 158 Å². The minimum atomic E-state index is -1.59. The SMILES string of the molecule is CC/C=C\C/C=C\C/C=C\C/C=C\C/C=C\C/C=C\C/C=C\C/C=C\C/C=C\C/C=C\C/C=C\CCCCCCCCCC(=O)NC(COC1OC(CO)C(O)C(O)C1O)C(O)/C=C/CC/C=C/CCCCCCCCCCCCCCCCCCCCCCCCCCCC. The van der Waals surface area contributed by atoms with Crippen LogP contribution in [-0.4, -0.2) is 87.5 Å². The molecule has 548 valence electrons. The lowest BCUT2D eigenvalue weighted by atomic mass is 9.99. The fraction of sp³-hybridized carbons (Fsp3) is 0.690.